The van der Waals surface area contributed by atoms with Crippen molar-refractivity contribution in [1.82, 2.24) is 14.5 Å². The van der Waals surface area contributed by atoms with Gasteiger partial charge in [-0.05, 0) is 43.7 Å². The van der Waals surface area contributed by atoms with Crippen LogP contribution in [0.15, 0.2) is 53.4 Å². The molecule has 8 nitrogen and oxygen atoms in total. The molecule has 1 atom stereocenters. The number of piperazine rings is 1. The van der Waals surface area contributed by atoms with Crippen molar-refractivity contribution in [1.29, 1.82) is 0 Å². The number of aromatic hydroxyl groups is 1. The maximum absolute atomic E-state index is 12.9. The van der Waals surface area contributed by atoms with Crippen molar-refractivity contribution in [3.63, 3.8) is 0 Å². The van der Waals surface area contributed by atoms with E-state index in [1.54, 1.807) is 49.1 Å². The molecule has 2 amide bonds. The van der Waals surface area contributed by atoms with Crippen molar-refractivity contribution in [2.45, 2.75) is 31.2 Å². The van der Waals surface area contributed by atoms with Gasteiger partial charge in [-0.25, -0.2) is 8.42 Å². The molecule has 2 aromatic rings. The molecule has 0 spiro atoms. The zero-order valence-electron chi connectivity index (χ0n) is 17.6. The number of nitrogens with zero attached hydrogens (tertiary/aromatic N) is 2. The van der Waals surface area contributed by atoms with E-state index in [2.05, 4.69) is 5.32 Å². The molecule has 1 fully saturated rings. The van der Waals surface area contributed by atoms with E-state index >= 15 is 0 Å². The number of sulfonamides is 1. The van der Waals surface area contributed by atoms with Gasteiger partial charge in [-0.1, -0.05) is 24.3 Å². The molecule has 3 rings (SSSR count). The van der Waals surface area contributed by atoms with Crippen LogP contribution in [0.25, 0.3) is 0 Å². The number of aryl methyl sites for hydroxylation is 1. The van der Waals surface area contributed by atoms with E-state index in [1.165, 1.54) is 16.4 Å². The van der Waals surface area contributed by atoms with Gasteiger partial charge in [-0.15, -0.1) is 0 Å². The van der Waals surface area contributed by atoms with Crippen molar-refractivity contribution in [2.75, 3.05) is 26.2 Å². The Bertz CT molecular complexity index is 1050. The molecule has 31 heavy (non-hydrogen) atoms. The van der Waals surface area contributed by atoms with E-state index in [1.807, 2.05) is 6.07 Å². The second kappa shape index (κ2) is 9.49. The van der Waals surface area contributed by atoms with E-state index in [-0.39, 0.29) is 61.1 Å². The highest BCUT2D eigenvalue weighted by atomic mass is 32.2. The van der Waals surface area contributed by atoms with Gasteiger partial charge in [0.1, 0.15) is 10.6 Å². The fourth-order valence-electron chi connectivity index (χ4n) is 3.48. The third kappa shape index (κ3) is 5.42. The smallest absolute Gasteiger partial charge is 0.251 e. The van der Waals surface area contributed by atoms with Crippen LogP contribution in [-0.4, -0.2) is 66.8 Å². The predicted molar refractivity (Wildman–Crippen MR) is 116 cm³/mol. The average molecular weight is 446 g/mol. The monoisotopic (exact) mass is 445 g/mol. The summed E-state index contributed by atoms with van der Waals surface area (Å²) in [7, 11) is -3.85. The lowest BCUT2D eigenvalue weighted by Crippen LogP contribution is -2.51. The second-order valence-corrected chi connectivity index (χ2v) is 9.61. The molecule has 1 heterocycles. The van der Waals surface area contributed by atoms with Gasteiger partial charge in [-0.3, -0.25) is 9.59 Å². The van der Waals surface area contributed by atoms with Gasteiger partial charge >= 0.3 is 0 Å². The van der Waals surface area contributed by atoms with Crippen LogP contribution >= 0.6 is 0 Å². The molecule has 0 aliphatic carbocycles. The minimum atomic E-state index is -3.85. The number of benzene rings is 2. The molecule has 0 bridgehead atoms. The van der Waals surface area contributed by atoms with Crippen molar-refractivity contribution in [3.05, 3.63) is 59.7 Å². The molecule has 2 N–H and O–H groups in total. The van der Waals surface area contributed by atoms with Crippen LogP contribution in [0.5, 0.6) is 5.75 Å². The summed E-state index contributed by atoms with van der Waals surface area (Å²) in [4.78, 5) is 26.3. The molecule has 2 aromatic carbocycles. The van der Waals surface area contributed by atoms with Crippen LogP contribution in [0.2, 0.25) is 0 Å². The number of carbonyl (C=O) groups excluding carboxylic acids is 2. The Labute approximate surface area is 182 Å². The zero-order chi connectivity index (χ0) is 22.6. The summed E-state index contributed by atoms with van der Waals surface area (Å²) in [6.07, 6.45) is 0.129. The molecular formula is C22H27N3O5S. The number of phenols is 1. The number of nitrogens with one attached hydrogen (secondary N) is 1. The summed E-state index contributed by atoms with van der Waals surface area (Å²) in [6.45, 7) is 4.32. The quantitative estimate of drug-likeness (QED) is 0.704. The Hall–Kier alpha value is -2.91. The zero-order valence-corrected chi connectivity index (χ0v) is 18.4. The highest BCUT2D eigenvalue weighted by Gasteiger charge is 2.32. The molecular weight excluding hydrogens is 418 g/mol. The Morgan fingerprint density at radius 2 is 1.71 bits per heavy atom. The first kappa shape index (κ1) is 22.8. The highest BCUT2D eigenvalue weighted by Crippen LogP contribution is 2.27. The maximum Gasteiger partial charge on any atom is 0.251 e. The van der Waals surface area contributed by atoms with Gasteiger partial charge in [0.15, 0.2) is 0 Å². The molecule has 0 aromatic heterocycles. The Balaban J connectivity index is 1.55. The molecule has 1 unspecified atom stereocenters. The summed E-state index contributed by atoms with van der Waals surface area (Å²) >= 11 is 0. The number of rotatable bonds is 6. The number of hydrogen-bond donors (Lipinski definition) is 2. The van der Waals surface area contributed by atoms with E-state index in [0.717, 1.165) is 5.56 Å². The molecule has 166 valence electrons. The van der Waals surface area contributed by atoms with Crippen molar-refractivity contribution in [2.24, 2.45) is 0 Å². The molecule has 0 radical (unpaired) electrons. The first-order chi connectivity index (χ1) is 14.7. The summed E-state index contributed by atoms with van der Waals surface area (Å²) < 4.78 is 27.1. The SMILES string of the molecule is Cc1ccc(O)c(S(=O)(=O)N2CCN(C(=O)CC(C)NC(=O)c3ccccc3)CC2)c1. The number of phenolic OH excluding ortho intramolecular Hbond substituents is 1. The van der Waals surface area contributed by atoms with Crippen LogP contribution in [0, 0.1) is 6.92 Å². The lowest BCUT2D eigenvalue weighted by molar-refractivity contribution is -0.132. The number of amides is 2. The molecule has 1 aliphatic heterocycles. The third-order valence-electron chi connectivity index (χ3n) is 5.22. The van der Waals surface area contributed by atoms with Crippen molar-refractivity contribution in [3.8, 4) is 5.75 Å². The van der Waals surface area contributed by atoms with Crippen LogP contribution in [0.4, 0.5) is 0 Å². The lowest BCUT2D eigenvalue weighted by atomic mass is 10.1. The van der Waals surface area contributed by atoms with Crippen LogP contribution in [0.3, 0.4) is 0 Å². The van der Waals surface area contributed by atoms with E-state index in [4.69, 9.17) is 0 Å². The van der Waals surface area contributed by atoms with Crippen molar-refractivity contribution < 1.29 is 23.1 Å². The van der Waals surface area contributed by atoms with Crippen LogP contribution < -0.4 is 5.32 Å². The van der Waals surface area contributed by atoms with Crippen molar-refractivity contribution >= 4 is 21.8 Å². The molecule has 1 aliphatic rings. The number of carbonyl (C=O) groups is 2. The van der Waals surface area contributed by atoms with E-state index in [9.17, 15) is 23.1 Å². The first-order valence-electron chi connectivity index (χ1n) is 10.1. The predicted octanol–water partition coefficient (Wildman–Crippen LogP) is 1.74. The number of hydrogen-bond acceptors (Lipinski definition) is 5. The largest absolute Gasteiger partial charge is 0.507 e. The Morgan fingerprint density at radius 1 is 1.06 bits per heavy atom. The fourth-order valence-corrected chi connectivity index (χ4v) is 5.07. The minimum absolute atomic E-state index is 0.121. The van der Waals surface area contributed by atoms with Gasteiger partial charge in [0.25, 0.3) is 5.91 Å². The van der Waals surface area contributed by atoms with Gasteiger partial charge in [-0.2, -0.15) is 4.31 Å². The minimum Gasteiger partial charge on any atom is -0.507 e. The van der Waals surface area contributed by atoms with E-state index in [0.29, 0.717) is 5.56 Å². The van der Waals surface area contributed by atoms with Gasteiger partial charge < -0.3 is 15.3 Å². The highest BCUT2D eigenvalue weighted by molar-refractivity contribution is 7.89. The molecule has 9 heteroatoms. The van der Waals surface area contributed by atoms with E-state index < -0.39 is 10.0 Å². The Morgan fingerprint density at radius 3 is 2.35 bits per heavy atom. The summed E-state index contributed by atoms with van der Waals surface area (Å²) in [5.74, 6) is -0.668. The molecule has 0 saturated carbocycles. The summed E-state index contributed by atoms with van der Waals surface area (Å²) in [6, 6.07) is 12.9. The normalized spacial score (nSPS) is 16.0. The van der Waals surface area contributed by atoms with Crippen LogP contribution in [0.1, 0.15) is 29.3 Å². The van der Waals surface area contributed by atoms with Gasteiger partial charge in [0.05, 0.1) is 0 Å². The molecule has 1 saturated heterocycles. The standard InChI is InChI=1S/C22H27N3O5S/c1-16-8-9-19(26)20(14-16)31(29,30)25-12-10-24(11-13-25)21(27)15-17(2)23-22(28)18-6-4-3-5-7-18/h3-9,14,17,26H,10-13,15H2,1-2H3,(H,23,28). The average Bonchev–Trinajstić information content (AvgIpc) is 2.76. The van der Waals surface area contributed by atoms with Gasteiger partial charge in [0, 0.05) is 44.2 Å². The topological polar surface area (TPSA) is 107 Å². The lowest BCUT2D eigenvalue weighted by Gasteiger charge is -2.34. The Kier molecular flexibility index (Phi) is 6.97. The third-order valence-corrected chi connectivity index (χ3v) is 7.15. The summed E-state index contributed by atoms with van der Waals surface area (Å²) in [5.41, 5.74) is 1.26. The first-order valence-corrected chi connectivity index (χ1v) is 11.6. The van der Waals surface area contributed by atoms with Crippen LogP contribution in [-0.2, 0) is 14.8 Å². The van der Waals surface area contributed by atoms with Gasteiger partial charge in [0.2, 0.25) is 15.9 Å². The second-order valence-electron chi connectivity index (χ2n) is 7.70. The fraction of sp³-hybridized carbons (Fsp3) is 0.364. The maximum atomic E-state index is 12.9. The summed E-state index contributed by atoms with van der Waals surface area (Å²) in [5, 5.41) is 12.8.